The Morgan fingerprint density at radius 3 is 2.53 bits per heavy atom. The van der Waals surface area contributed by atoms with Crippen molar-refractivity contribution in [3.63, 3.8) is 0 Å². The molecule has 0 aromatic rings. The van der Waals surface area contributed by atoms with E-state index in [-0.39, 0.29) is 17.9 Å². The molecule has 2 N–H and O–H groups in total. The van der Waals surface area contributed by atoms with Gasteiger partial charge in [0, 0.05) is 40.0 Å². The van der Waals surface area contributed by atoms with Gasteiger partial charge in [-0.15, -0.1) is 0 Å². The SMILES string of the molecule is COCC1CCN(C(=O)C(N)C2CCOCC2)CC1. The smallest absolute Gasteiger partial charge is 0.239 e. The number of piperidine rings is 1. The Morgan fingerprint density at radius 1 is 1.32 bits per heavy atom. The maximum atomic E-state index is 12.4. The zero-order valence-electron chi connectivity index (χ0n) is 11.8. The monoisotopic (exact) mass is 270 g/mol. The average Bonchev–Trinajstić information content (AvgIpc) is 2.48. The summed E-state index contributed by atoms with van der Waals surface area (Å²) in [7, 11) is 1.73. The van der Waals surface area contributed by atoms with E-state index in [0.29, 0.717) is 5.92 Å². The van der Waals surface area contributed by atoms with Gasteiger partial charge in [0.15, 0.2) is 0 Å². The molecule has 1 amide bonds. The largest absolute Gasteiger partial charge is 0.384 e. The first kappa shape index (κ1) is 14.8. The van der Waals surface area contributed by atoms with E-state index in [9.17, 15) is 4.79 Å². The van der Waals surface area contributed by atoms with E-state index >= 15 is 0 Å². The molecule has 5 nitrogen and oxygen atoms in total. The number of hydrogen-bond donors (Lipinski definition) is 1. The average molecular weight is 270 g/mol. The van der Waals surface area contributed by atoms with Crippen LogP contribution >= 0.6 is 0 Å². The summed E-state index contributed by atoms with van der Waals surface area (Å²) in [5.74, 6) is 1.01. The topological polar surface area (TPSA) is 64.8 Å². The number of nitrogens with two attached hydrogens (primary N) is 1. The normalized spacial score (nSPS) is 24.4. The van der Waals surface area contributed by atoms with Crippen molar-refractivity contribution in [1.29, 1.82) is 0 Å². The van der Waals surface area contributed by atoms with Gasteiger partial charge in [0.25, 0.3) is 0 Å². The molecule has 110 valence electrons. The first-order valence-electron chi connectivity index (χ1n) is 7.33. The molecule has 0 aromatic carbocycles. The van der Waals surface area contributed by atoms with Gasteiger partial charge in [-0.25, -0.2) is 0 Å². The highest BCUT2D eigenvalue weighted by atomic mass is 16.5. The molecule has 2 saturated heterocycles. The molecule has 2 fully saturated rings. The zero-order chi connectivity index (χ0) is 13.7. The molecule has 0 bridgehead atoms. The number of nitrogens with zero attached hydrogens (tertiary/aromatic N) is 1. The number of carbonyl (C=O) groups excluding carboxylic acids is 1. The Morgan fingerprint density at radius 2 is 1.95 bits per heavy atom. The van der Waals surface area contributed by atoms with Crippen LogP contribution in [0.5, 0.6) is 0 Å². The Kier molecular flexibility index (Phi) is 5.60. The number of methoxy groups -OCH3 is 1. The minimum atomic E-state index is -0.345. The molecule has 2 heterocycles. The van der Waals surface area contributed by atoms with Crippen molar-refractivity contribution in [3.8, 4) is 0 Å². The second kappa shape index (κ2) is 7.22. The lowest BCUT2D eigenvalue weighted by atomic mass is 9.90. The molecule has 2 rings (SSSR count). The van der Waals surface area contributed by atoms with Crippen molar-refractivity contribution in [3.05, 3.63) is 0 Å². The molecular weight excluding hydrogens is 244 g/mol. The molecule has 0 spiro atoms. The molecular formula is C14H26N2O3. The molecule has 19 heavy (non-hydrogen) atoms. The number of rotatable bonds is 4. The molecule has 0 aromatic heterocycles. The summed E-state index contributed by atoms with van der Waals surface area (Å²) in [4.78, 5) is 14.3. The number of likely N-dealkylation sites (tertiary alicyclic amines) is 1. The lowest BCUT2D eigenvalue weighted by molar-refractivity contribution is -0.136. The Balaban J connectivity index is 1.79. The van der Waals surface area contributed by atoms with Crippen molar-refractivity contribution in [2.45, 2.75) is 31.7 Å². The zero-order valence-corrected chi connectivity index (χ0v) is 11.8. The number of carbonyl (C=O) groups is 1. The highest BCUT2D eigenvalue weighted by Crippen LogP contribution is 2.22. The standard InChI is InChI=1S/C14H26N2O3/c1-18-10-11-2-6-16(7-3-11)14(17)13(15)12-4-8-19-9-5-12/h11-13H,2-10,15H2,1H3. The fourth-order valence-corrected chi connectivity index (χ4v) is 3.04. The molecule has 2 aliphatic heterocycles. The van der Waals surface area contributed by atoms with E-state index < -0.39 is 0 Å². The fraction of sp³-hybridized carbons (Fsp3) is 0.929. The van der Waals surface area contributed by atoms with E-state index in [1.165, 1.54) is 0 Å². The van der Waals surface area contributed by atoms with Gasteiger partial charge in [-0.2, -0.15) is 0 Å². The highest BCUT2D eigenvalue weighted by Gasteiger charge is 2.31. The van der Waals surface area contributed by atoms with E-state index in [1.54, 1.807) is 7.11 Å². The van der Waals surface area contributed by atoms with Crippen LogP contribution in [0.1, 0.15) is 25.7 Å². The summed E-state index contributed by atoms with van der Waals surface area (Å²) < 4.78 is 10.5. The number of hydrogen-bond acceptors (Lipinski definition) is 4. The third kappa shape index (κ3) is 3.91. The van der Waals surface area contributed by atoms with Gasteiger partial charge in [0.1, 0.15) is 0 Å². The molecule has 2 aliphatic rings. The quantitative estimate of drug-likeness (QED) is 0.813. The van der Waals surface area contributed by atoms with Gasteiger partial charge in [0.2, 0.25) is 5.91 Å². The van der Waals surface area contributed by atoms with Crippen LogP contribution in [0.25, 0.3) is 0 Å². The fourth-order valence-electron chi connectivity index (χ4n) is 3.04. The van der Waals surface area contributed by atoms with Crippen LogP contribution in [0.15, 0.2) is 0 Å². The molecule has 1 atom stereocenters. The van der Waals surface area contributed by atoms with Crippen LogP contribution in [0.2, 0.25) is 0 Å². The number of ether oxygens (including phenoxy) is 2. The molecule has 0 radical (unpaired) electrons. The van der Waals surface area contributed by atoms with Crippen molar-refractivity contribution in [2.75, 3.05) is 40.0 Å². The van der Waals surface area contributed by atoms with Gasteiger partial charge in [0.05, 0.1) is 6.04 Å². The van der Waals surface area contributed by atoms with Crippen LogP contribution in [0, 0.1) is 11.8 Å². The maximum absolute atomic E-state index is 12.4. The first-order valence-corrected chi connectivity index (χ1v) is 7.33. The van der Waals surface area contributed by atoms with E-state index in [1.807, 2.05) is 4.90 Å². The van der Waals surface area contributed by atoms with Crippen LogP contribution in [-0.2, 0) is 14.3 Å². The summed E-state index contributed by atoms with van der Waals surface area (Å²) in [5, 5.41) is 0. The third-order valence-electron chi connectivity index (χ3n) is 4.39. The molecule has 0 saturated carbocycles. The third-order valence-corrected chi connectivity index (χ3v) is 4.39. The highest BCUT2D eigenvalue weighted by molar-refractivity contribution is 5.82. The van der Waals surface area contributed by atoms with Crippen LogP contribution in [-0.4, -0.2) is 56.9 Å². The minimum Gasteiger partial charge on any atom is -0.384 e. The Labute approximate surface area is 115 Å². The minimum absolute atomic E-state index is 0.128. The van der Waals surface area contributed by atoms with Gasteiger partial charge < -0.3 is 20.1 Å². The van der Waals surface area contributed by atoms with Crippen LogP contribution in [0.3, 0.4) is 0 Å². The molecule has 5 heteroatoms. The van der Waals surface area contributed by atoms with E-state index in [0.717, 1.165) is 58.6 Å². The van der Waals surface area contributed by atoms with E-state index in [4.69, 9.17) is 15.2 Å². The van der Waals surface area contributed by atoms with Crippen LogP contribution in [0.4, 0.5) is 0 Å². The molecule has 1 unspecified atom stereocenters. The summed E-state index contributed by atoms with van der Waals surface area (Å²) in [6, 6.07) is -0.345. The Bertz CT molecular complexity index is 284. The first-order chi connectivity index (χ1) is 9.22. The van der Waals surface area contributed by atoms with Gasteiger partial charge in [-0.05, 0) is 37.5 Å². The van der Waals surface area contributed by atoms with Crippen molar-refractivity contribution in [2.24, 2.45) is 17.6 Å². The van der Waals surface area contributed by atoms with Gasteiger partial charge in [-0.3, -0.25) is 4.79 Å². The van der Waals surface area contributed by atoms with Crippen molar-refractivity contribution >= 4 is 5.91 Å². The lowest BCUT2D eigenvalue weighted by Gasteiger charge is -2.35. The second-order valence-corrected chi connectivity index (χ2v) is 5.70. The second-order valence-electron chi connectivity index (χ2n) is 5.70. The Hall–Kier alpha value is -0.650. The van der Waals surface area contributed by atoms with Gasteiger partial charge >= 0.3 is 0 Å². The summed E-state index contributed by atoms with van der Waals surface area (Å²) in [5.41, 5.74) is 6.14. The number of amides is 1. The summed E-state index contributed by atoms with van der Waals surface area (Å²) >= 11 is 0. The van der Waals surface area contributed by atoms with Gasteiger partial charge in [-0.1, -0.05) is 0 Å². The summed E-state index contributed by atoms with van der Waals surface area (Å²) in [6.45, 7) is 3.92. The lowest BCUT2D eigenvalue weighted by Crippen LogP contribution is -2.51. The predicted molar refractivity (Wildman–Crippen MR) is 72.7 cm³/mol. The van der Waals surface area contributed by atoms with Crippen molar-refractivity contribution in [1.82, 2.24) is 4.90 Å². The predicted octanol–water partition coefficient (Wildman–Crippen LogP) is 0.625. The van der Waals surface area contributed by atoms with E-state index in [2.05, 4.69) is 0 Å². The molecule has 0 aliphatic carbocycles. The maximum Gasteiger partial charge on any atom is 0.239 e. The van der Waals surface area contributed by atoms with Crippen LogP contribution < -0.4 is 5.73 Å². The summed E-state index contributed by atoms with van der Waals surface area (Å²) in [6.07, 6.45) is 3.88. The van der Waals surface area contributed by atoms with Crippen molar-refractivity contribution < 1.29 is 14.3 Å².